The van der Waals surface area contributed by atoms with Gasteiger partial charge in [0.05, 0.1) is 27.1 Å². The normalized spacial score (nSPS) is 19.5. The molecule has 3 atom stereocenters. The van der Waals surface area contributed by atoms with Gasteiger partial charge < -0.3 is 15.0 Å². The van der Waals surface area contributed by atoms with Gasteiger partial charge in [-0.1, -0.05) is 41.3 Å². The number of primary sulfonamides is 1. The number of benzene rings is 3. The zero-order chi connectivity index (χ0) is 33.0. The number of aromatic nitrogens is 1. The Morgan fingerprint density at radius 3 is 2.35 bits per heavy atom. The average Bonchev–Trinajstić information content (AvgIpc) is 3.49. The fourth-order valence-corrected chi connectivity index (χ4v) is 8.33. The molecule has 1 saturated heterocycles. The second-order valence-electron chi connectivity index (χ2n) is 10.3. The summed E-state index contributed by atoms with van der Waals surface area (Å²) in [6.45, 7) is -0.399. The third-order valence-corrected chi connectivity index (χ3v) is 10.7. The third kappa shape index (κ3) is 6.05. The number of carbonyl (C=O) groups excluding carboxylic acids is 3. The molecular formula is C29H21F3N4O7S3. The van der Waals surface area contributed by atoms with Crippen LogP contribution in [-0.4, -0.2) is 43.0 Å². The molecule has 3 heterocycles. The lowest BCUT2D eigenvalue weighted by molar-refractivity contribution is -0.137. The average molecular weight is 691 g/mol. The predicted octanol–water partition coefficient (Wildman–Crippen LogP) is 3.92. The summed E-state index contributed by atoms with van der Waals surface area (Å²) in [5.74, 6) is -3.41. The van der Waals surface area contributed by atoms with E-state index in [4.69, 9.17) is 9.88 Å². The van der Waals surface area contributed by atoms with Crippen molar-refractivity contribution in [2.24, 2.45) is 11.1 Å². The summed E-state index contributed by atoms with van der Waals surface area (Å²) >= 11 is 1.88. The summed E-state index contributed by atoms with van der Waals surface area (Å²) in [6, 6.07) is 15.6. The molecule has 46 heavy (non-hydrogen) atoms. The standard InChI is InChI=1S/C29H21F3N4O7S3/c30-29(31,32)15-2-1-3-17(12-15)36-26(38)22-21(23-25(35-28(40)45-23)44-24(22)27(36)39)14-4-8-18(9-5-14)43-13-20(37)34-16-6-10-19(11-7-16)46(33,41)42/h1-12,21-22,24H,13H2,(H,34,37)(H,35,40)(H2,33,41,42). The van der Waals surface area contributed by atoms with E-state index in [9.17, 15) is 40.8 Å². The van der Waals surface area contributed by atoms with Crippen molar-refractivity contribution in [3.05, 3.63) is 98.5 Å². The molecule has 6 rings (SSSR count). The summed E-state index contributed by atoms with van der Waals surface area (Å²) in [4.78, 5) is 55.5. The molecule has 3 amide bonds. The zero-order valence-electron chi connectivity index (χ0n) is 23.1. The van der Waals surface area contributed by atoms with E-state index in [0.717, 1.165) is 46.2 Å². The Morgan fingerprint density at radius 1 is 1.00 bits per heavy atom. The maximum Gasteiger partial charge on any atom is 0.416 e. The number of carbonyl (C=O) groups is 3. The first-order valence-electron chi connectivity index (χ1n) is 13.3. The number of ether oxygens (including phenoxy) is 1. The molecule has 0 spiro atoms. The highest BCUT2D eigenvalue weighted by Gasteiger charge is 2.56. The molecule has 0 saturated carbocycles. The van der Waals surface area contributed by atoms with Crippen LogP contribution in [0.4, 0.5) is 24.5 Å². The van der Waals surface area contributed by atoms with Crippen molar-refractivity contribution in [3.8, 4) is 5.75 Å². The quantitative estimate of drug-likeness (QED) is 0.245. The van der Waals surface area contributed by atoms with Gasteiger partial charge >= 0.3 is 11.0 Å². The number of hydrogen-bond donors (Lipinski definition) is 3. The summed E-state index contributed by atoms with van der Waals surface area (Å²) < 4.78 is 68.6. The van der Waals surface area contributed by atoms with Gasteiger partial charge in [0, 0.05) is 16.5 Å². The lowest BCUT2D eigenvalue weighted by Gasteiger charge is -2.29. The fourth-order valence-electron chi connectivity index (χ4n) is 5.30. The predicted molar refractivity (Wildman–Crippen MR) is 162 cm³/mol. The molecule has 2 aliphatic rings. The zero-order valence-corrected chi connectivity index (χ0v) is 25.6. The van der Waals surface area contributed by atoms with Crippen molar-refractivity contribution in [1.82, 2.24) is 4.98 Å². The maximum absolute atomic E-state index is 13.8. The molecule has 17 heteroatoms. The molecule has 0 radical (unpaired) electrons. The topological polar surface area (TPSA) is 169 Å². The minimum absolute atomic E-state index is 0.115. The van der Waals surface area contributed by atoms with Crippen LogP contribution in [0.3, 0.4) is 0 Å². The lowest BCUT2D eigenvalue weighted by Crippen LogP contribution is -2.32. The molecule has 0 bridgehead atoms. The number of aromatic amines is 1. The van der Waals surface area contributed by atoms with Gasteiger partial charge in [0.2, 0.25) is 21.8 Å². The highest BCUT2D eigenvalue weighted by atomic mass is 32.2. The van der Waals surface area contributed by atoms with Crippen LogP contribution in [0.25, 0.3) is 0 Å². The van der Waals surface area contributed by atoms with E-state index in [1.165, 1.54) is 30.3 Å². The van der Waals surface area contributed by atoms with Gasteiger partial charge in [0.25, 0.3) is 5.91 Å². The highest BCUT2D eigenvalue weighted by molar-refractivity contribution is 8.00. The second kappa shape index (κ2) is 11.7. The number of nitrogens with zero attached hydrogens (tertiary/aromatic N) is 1. The van der Waals surface area contributed by atoms with Crippen LogP contribution < -0.4 is 25.0 Å². The van der Waals surface area contributed by atoms with Crippen LogP contribution in [0, 0.1) is 5.92 Å². The summed E-state index contributed by atoms with van der Waals surface area (Å²) in [6.07, 6.45) is -4.68. The monoisotopic (exact) mass is 690 g/mol. The molecule has 1 aromatic heterocycles. The SMILES string of the molecule is NS(=O)(=O)c1ccc(NC(=O)COc2ccc(C3c4sc(=O)[nH]c4SC4C(=O)N(c5cccc(C(F)(F)F)c5)C(=O)C43)cc2)cc1. The maximum atomic E-state index is 13.8. The van der Waals surface area contributed by atoms with Crippen LogP contribution >= 0.6 is 23.1 Å². The van der Waals surface area contributed by atoms with E-state index >= 15 is 0 Å². The number of amides is 3. The molecule has 4 aromatic rings. The molecule has 3 unspecified atom stereocenters. The summed E-state index contributed by atoms with van der Waals surface area (Å²) in [5.41, 5.74) is -0.335. The van der Waals surface area contributed by atoms with E-state index < -0.39 is 63.2 Å². The minimum atomic E-state index is -4.68. The number of sulfonamides is 1. The highest BCUT2D eigenvalue weighted by Crippen LogP contribution is 2.53. The van der Waals surface area contributed by atoms with E-state index in [2.05, 4.69) is 10.3 Å². The van der Waals surface area contributed by atoms with Crippen molar-refractivity contribution in [3.63, 3.8) is 0 Å². The van der Waals surface area contributed by atoms with Gasteiger partial charge in [-0.15, -0.1) is 0 Å². The number of fused-ring (bicyclic) bond motifs is 2. The van der Waals surface area contributed by atoms with E-state index in [1.807, 2.05) is 0 Å². The number of thiazole rings is 1. The van der Waals surface area contributed by atoms with Crippen LogP contribution in [0.1, 0.15) is 21.9 Å². The fraction of sp³-hybridized carbons (Fsp3) is 0.172. The van der Waals surface area contributed by atoms with Gasteiger partial charge in [-0.05, 0) is 60.2 Å². The van der Waals surface area contributed by atoms with Crippen molar-refractivity contribution in [2.45, 2.75) is 27.3 Å². The lowest BCUT2D eigenvalue weighted by atomic mass is 9.83. The van der Waals surface area contributed by atoms with Crippen molar-refractivity contribution in [2.75, 3.05) is 16.8 Å². The van der Waals surface area contributed by atoms with Gasteiger partial charge in [0.15, 0.2) is 6.61 Å². The first-order valence-corrected chi connectivity index (χ1v) is 16.5. The van der Waals surface area contributed by atoms with Crippen LogP contribution in [0.5, 0.6) is 5.75 Å². The Hall–Kier alpha value is -4.45. The number of halogens is 3. The van der Waals surface area contributed by atoms with Gasteiger partial charge in [-0.25, -0.2) is 18.5 Å². The van der Waals surface area contributed by atoms with Crippen LogP contribution in [0.2, 0.25) is 0 Å². The largest absolute Gasteiger partial charge is 0.484 e. The molecule has 11 nitrogen and oxygen atoms in total. The van der Waals surface area contributed by atoms with Crippen molar-refractivity contribution < 1.29 is 40.7 Å². The molecule has 0 aliphatic carbocycles. The number of imide groups is 1. The Bertz CT molecular complexity index is 2030. The van der Waals surface area contributed by atoms with Gasteiger partial charge in [-0.3, -0.25) is 19.2 Å². The molecule has 238 valence electrons. The number of anilines is 2. The summed E-state index contributed by atoms with van der Waals surface area (Å²) in [5, 5.41) is 7.04. The Balaban J connectivity index is 1.21. The molecule has 2 aliphatic heterocycles. The summed E-state index contributed by atoms with van der Waals surface area (Å²) in [7, 11) is -3.88. The second-order valence-corrected chi connectivity index (χ2v) is 14.0. The van der Waals surface area contributed by atoms with Crippen LogP contribution in [-0.2, 0) is 30.6 Å². The number of H-pyrrole nitrogens is 1. The van der Waals surface area contributed by atoms with E-state index in [1.54, 1.807) is 24.3 Å². The molecular weight excluding hydrogens is 670 g/mol. The Morgan fingerprint density at radius 2 is 1.70 bits per heavy atom. The molecule has 1 fully saturated rings. The number of rotatable bonds is 7. The number of hydrogen-bond acceptors (Lipinski definition) is 9. The van der Waals surface area contributed by atoms with Gasteiger partial charge in [0.1, 0.15) is 11.0 Å². The Labute approximate surface area is 266 Å². The molecule has 4 N–H and O–H groups in total. The first kappa shape index (κ1) is 31.5. The van der Waals surface area contributed by atoms with E-state index in [0.29, 0.717) is 21.2 Å². The van der Waals surface area contributed by atoms with Crippen molar-refractivity contribution in [1.29, 1.82) is 0 Å². The van der Waals surface area contributed by atoms with E-state index in [-0.39, 0.29) is 21.2 Å². The van der Waals surface area contributed by atoms with Crippen molar-refractivity contribution >= 4 is 62.2 Å². The third-order valence-electron chi connectivity index (χ3n) is 7.33. The minimum Gasteiger partial charge on any atom is -0.484 e. The number of nitrogens with one attached hydrogen (secondary N) is 2. The first-order chi connectivity index (χ1) is 21.7. The number of nitrogens with two attached hydrogens (primary N) is 1. The number of alkyl halides is 3. The van der Waals surface area contributed by atoms with Gasteiger partial charge in [-0.2, -0.15) is 13.2 Å². The smallest absolute Gasteiger partial charge is 0.416 e. The number of thioether (sulfide) groups is 1. The molecule has 3 aromatic carbocycles. The Kier molecular flexibility index (Phi) is 8.04. The van der Waals surface area contributed by atoms with Crippen LogP contribution in [0.15, 0.2) is 87.5 Å².